The van der Waals surface area contributed by atoms with Crippen molar-refractivity contribution in [2.24, 2.45) is 5.10 Å². The molecule has 1 N–H and O–H groups in total. The summed E-state index contributed by atoms with van der Waals surface area (Å²) in [5, 5.41) is 3.96. The second kappa shape index (κ2) is 11.2. The van der Waals surface area contributed by atoms with Crippen LogP contribution < -0.4 is 10.2 Å². The molecule has 2 aromatic rings. The van der Waals surface area contributed by atoms with Crippen molar-refractivity contribution >= 4 is 11.9 Å². The van der Waals surface area contributed by atoms with E-state index in [-0.39, 0.29) is 5.69 Å². The number of unbranched alkanes of at least 4 members (excludes halogenated alkanes) is 5. The molecule has 0 bridgehead atoms. The predicted molar refractivity (Wildman–Crippen MR) is 103 cm³/mol. The fourth-order valence-electron chi connectivity index (χ4n) is 2.48. The van der Waals surface area contributed by atoms with E-state index in [0.29, 0.717) is 0 Å². The first-order chi connectivity index (χ1) is 12.7. The lowest BCUT2D eigenvalue weighted by Crippen LogP contribution is -1.98. The topological polar surface area (TPSA) is 33.6 Å². The van der Waals surface area contributed by atoms with Crippen LogP contribution in [0.3, 0.4) is 0 Å². The van der Waals surface area contributed by atoms with Crippen molar-refractivity contribution < 1.29 is 13.5 Å². The van der Waals surface area contributed by atoms with E-state index in [9.17, 15) is 8.78 Å². The zero-order valence-corrected chi connectivity index (χ0v) is 15.2. The Hall–Kier alpha value is -2.43. The number of nitrogens with zero attached hydrogens (tertiary/aromatic N) is 1. The molecule has 2 rings (SSSR count). The molecule has 0 aliphatic carbocycles. The molecule has 0 aliphatic heterocycles. The number of ether oxygens (including phenoxy) is 1. The van der Waals surface area contributed by atoms with E-state index in [1.54, 1.807) is 6.21 Å². The van der Waals surface area contributed by atoms with E-state index in [1.165, 1.54) is 44.2 Å². The molecule has 0 unspecified atom stereocenters. The van der Waals surface area contributed by atoms with Gasteiger partial charge in [0.15, 0.2) is 5.82 Å². The second-order valence-corrected chi connectivity index (χ2v) is 6.18. The van der Waals surface area contributed by atoms with Gasteiger partial charge in [0.05, 0.1) is 18.5 Å². The minimum absolute atomic E-state index is 0.126. The van der Waals surface area contributed by atoms with Gasteiger partial charge >= 0.3 is 0 Å². The number of hydrogen-bond acceptors (Lipinski definition) is 3. The fraction of sp³-hybridized carbons (Fsp3) is 0.381. The van der Waals surface area contributed by atoms with Gasteiger partial charge in [-0.05, 0) is 48.4 Å². The number of rotatable bonds is 11. The van der Waals surface area contributed by atoms with Crippen molar-refractivity contribution in [1.29, 1.82) is 0 Å². The molecule has 0 radical (unpaired) electrons. The molecule has 2 aromatic carbocycles. The Bertz CT molecular complexity index is 687. The van der Waals surface area contributed by atoms with Gasteiger partial charge in [-0.15, -0.1) is 0 Å². The summed E-state index contributed by atoms with van der Waals surface area (Å²) in [6.07, 6.45) is 9.00. The Morgan fingerprint density at radius 3 is 2.42 bits per heavy atom. The van der Waals surface area contributed by atoms with Crippen LogP contribution >= 0.6 is 0 Å². The van der Waals surface area contributed by atoms with Crippen molar-refractivity contribution in [2.45, 2.75) is 45.4 Å². The molecule has 3 nitrogen and oxygen atoms in total. The van der Waals surface area contributed by atoms with E-state index >= 15 is 0 Å². The molecule has 0 atom stereocenters. The SMILES string of the molecule is CCCCCCCCOc1ccc(/C=N/Nc2ccc(F)cc2F)cc1. The number of halogens is 2. The highest BCUT2D eigenvalue weighted by atomic mass is 19.1. The Morgan fingerprint density at radius 2 is 1.69 bits per heavy atom. The van der Waals surface area contributed by atoms with Gasteiger partial charge in [0.1, 0.15) is 11.6 Å². The lowest BCUT2D eigenvalue weighted by molar-refractivity contribution is 0.304. The number of hydrazone groups is 1. The van der Waals surface area contributed by atoms with Gasteiger partial charge in [0, 0.05) is 6.07 Å². The number of anilines is 1. The van der Waals surface area contributed by atoms with E-state index in [0.717, 1.165) is 30.4 Å². The average Bonchev–Trinajstić information content (AvgIpc) is 2.64. The quantitative estimate of drug-likeness (QED) is 0.296. The first-order valence-corrected chi connectivity index (χ1v) is 9.16. The highest BCUT2D eigenvalue weighted by Gasteiger charge is 2.01. The third-order valence-electron chi connectivity index (χ3n) is 3.98. The van der Waals surface area contributed by atoms with Crippen LogP contribution in [0.4, 0.5) is 14.5 Å². The summed E-state index contributed by atoms with van der Waals surface area (Å²) in [5.74, 6) is -0.470. The summed E-state index contributed by atoms with van der Waals surface area (Å²) in [4.78, 5) is 0. The van der Waals surface area contributed by atoms with E-state index < -0.39 is 11.6 Å². The van der Waals surface area contributed by atoms with Gasteiger partial charge in [-0.2, -0.15) is 5.10 Å². The van der Waals surface area contributed by atoms with Crippen LogP contribution in [0.2, 0.25) is 0 Å². The minimum atomic E-state index is -0.680. The van der Waals surface area contributed by atoms with Gasteiger partial charge in [-0.1, -0.05) is 39.0 Å². The van der Waals surface area contributed by atoms with Crippen LogP contribution in [0.25, 0.3) is 0 Å². The normalized spacial score (nSPS) is 11.0. The molecule has 0 fully saturated rings. The van der Waals surface area contributed by atoms with Crippen molar-refractivity contribution in [3.05, 3.63) is 59.7 Å². The maximum Gasteiger partial charge on any atom is 0.151 e. The monoisotopic (exact) mass is 360 g/mol. The zero-order valence-electron chi connectivity index (χ0n) is 15.2. The van der Waals surface area contributed by atoms with Crippen LogP contribution in [-0.2, 0) is 0 Å². The molecule has 0 aromatic heterocycles. The number of nitrogens with one attached hydrogen (secondary N) is 1. The van der Waals surface area contributed by atoms with Gasteiger partial charge in [0.25, 0.3) is 0 Å². The molecule has 0 heterocycles. The van der Waals surface area contributed by atoms with Crippen LogP contribution in [0.5, 0.6) is 5.75 Å². The molecular weight excluding hydrogens is 334 g/mol. The lowest BCUT2D eigenvalue weighted by atomic mass is 10.1. The van der Waals surface area contributed by atoms with Gasteiger partial charge in [-0.3, -0.25) is 5.43 Å². The predicted octanol–water partition coefficient (Wildman–Crippen LogP) is 6.15. The Labute approximate surface area is 154 Å². The summed E-state index contributed by atoms with van der Waals surface area (Å²) in [6.45, 7) is 2.94. The molecule has 0 saturated heterocycles. The third kappa shape index (κ3) is 7.21. The molecular formula is C21H26F2N2O. The summed E-state index contributed by atoms with van der Waals surface area (Å²) in [6, 6.07) is 10.8. The number of hydrogen-bond donors (Lipinski definition) is 1. The average molecular weight is 360 g/mol. The van der Waals surface area contributed by atoms with Gasteiger partial charge < -0.3 is 4.74 Å². The van der Waals surface area contributed by atoms with E-state index in [4.69, 9.17) is 4.74 Å². The smallest absolute Gasteiger partial charge is 0.151 e. The summed E-state index contributed by atoms with van der Waals surface area (Å²) >= 11 is 0. The molecule has 0 spiro atoms. The molecule has 140 valence electrons. The maximum absolute atomic E-state index is 13.5. The third-order valence-corrected chi connectivity index (χ3v) is 3.98. The lowest BCUT2D eigenvalue weighted by Gasteiger charge is -2.06. The highest BCUT2D eigenvalue weighted by molar-refractivity contribution is 5.80. The van der Waals surface area contributed by atoms with Crippen molar-refractivity contribution in [3.63, 3.8) is 0 Å². The van der Waals surface area contributed by atoms with Gasteiger partial charge in [0.2, 0.25) is 0 Å². The highest BCUT2D eigenvalue weighted by Crippen LogP contribution is 2.15. The standard InChI is InChI=1S/C21H26F2N2O/c1-2-3-4-5-6-7-14-26-19-11-8-17(9-12-19)16-24-25-21-13-10-18(22)15-20(21)23/h8-13,15-16,25H,2-7,14H2,1H3/b24-16+. The van der Waals surface area contributed by atoms with Crippen LogP contribution in [0, 0.1) is 11.6 Å². The number of benzene rings is 2. The van der Waals surface area contributed by atoms with Crippen LogP contribution in [0.15, 0.2) is 47.6 Å². The van der Waals surface area contributed by atoms with Crippen molar-refractivity contribution in [3.8, 4) is 5.75 Å². The Morgan fingerprint density at radius 1 is 0.962 bits per heavy atom. The first kappa shape index (κ1) is 19.9. The second-order valence-electron chi connectivity index (χ2n) is 6.18. The van der Waals surface area contributed by atoms with Gasteiger partial charge in [-0.25, -0.2) is 8.78 Å². The Kier molecular flexibility index (Phi) is 8.60. The van der Waals surface area contributed by atoms with Crippen molar-refractivity contribution in [2.75, 3.05) is 12.0 Å². The summed E-state index contributed by atoms with van der Waals surface area (Å²) in [7, 11) is 0. The molecule has 0 aliphatic rings. The fourth-order valence-corrected chi connectivity index (χ4v) is 2.48. The molecule has 5 heteroatoms. The molecule has 0 saturated carbocycles. The molecule has 0 amide bonds. The summed E-state index contributed by atoms with van der Waals surface area (Å²) < 4.78 is 32.0. The van der Waals surface area contributed by atoms with E-state index in [2.05, 4.69) is 17.5 Å². The van der Waals surface area contributed by atoms with Crippen LogP contribution in [-0.4, -0.2) is 12.8 Å². The van der Waals surface area contributed by atoms with Crippen LogP contribution in [0.1, 0.15) is 51.0 Å². The maximum atomic E-state index is 13.5. The molecule has 26 heavy (non-hydrogen) atoms. The summed E-state index contributed by atoms with van der Waals surface area (Å²) in [5.41, 5.74) is 3.54. The largest absolute Gasteiger partial charge is 0.494 e. The van der Waals surface area contributed by atoms with Crippen molar-refractivity contribution in [1.82, 2.24) is 0 Å². The first-order valence-electron chi connectivity index (χ1n) is 9.16. The van der Waals surface area contributed by atoms with E-state index in [1.807, 2.05) is 24.3 Å². The zero-order chi connectivity index (χ0) is 18.6. The minimum Gasteiger partial charge on any atom is -0.494 e. The Balaban J connectivity index is 1.71.